The fourth-order valence-electron chi connectivity index (χ4n) is 10.2. The Morgan fingerprint density at radius 2 is 0.919 bits per heavy atom. The highest BCUT2D eigenvalue weighted by Gasteiger charge is 2.30. The van der Waals surface area contributed by atoms with Gasteiger partial charge in [0, 0.05) is 40.2 Å². The molecule has 0 N–H and O–H groups in total. The number of hydrogen-bond donors (Lipinski definition) is 0. The predicted octanol–water partition coefficient (Wildman–Crippen LogP) is 15.0. The van der Waals surface area contributed by atoms with E-state index in [-0.39, 0.29) is 39.5 Å². The summed E-state index contributed by atoms with van der Waals surface area (Å²) in [4.78, 5) is 4.92. The molecule has 10 aromatic rings. The van der Waals surface area contributed by atoms with Gasteiger partial charge in [0.05, 0.1) is 11.0 Å². The van der Waals surface area contributed by atoms with Gasteiger partial charge < -0.3 is 17.1 Å². The van der Waals surface area contributed by atoms with Crippen LogP contribution in [0.25, 0.3) is 72.3 Å². The fourth-order valence-corrected chi connectivity index (χ4v) is 10.2. The smallest absolute Gasteiger partial charge is 0.255 e. The van der Waals surface area contributed by atoms with Crippen molar-refractivity contribution in [3.8, 4) is 50.9 Å². The summed E-state index contributed by atoms with van der Waals surface area (Å²) >= 11 is 0. The lowest BCUT2D eigenvalue weighted by Crippen LogP contribution is -3.00. The third-order valence-electron chi connectivity index (χ3n) is 14.7. The van der Waals surface area contributed by atoms with Crippen LogP contribution in [-0.4, -0.2) is 14.1 Å². The Hall–Kier alpha value is -6.95. The summed E-state index contributed by atoms with van der Waals surface area (Å²) in [7, 11) is 0. The van der Waals surface area contributed by atoms with Gasteiger partial charge in [0.15, 0.2) is 11.0 Å². The molecular weight excluding hydrogens is 924 g/mol. The number of pyridine rings is 1. The molecule has 0 spiro atoms. The Bertz CT molecular complexity index is 3580. The SMILES string of the molecule is CC(C)(C)c1cc(-c2cccc(-c3cc(C(C)(C)C)cc(C(C)(C)C)c3)c2-[n+]2cn(-c3cccc(Oc4ccc5c6ccccc6n(-c6cc(C(C)(C)C)ccn6)c5c4)c3)c3ccccc32)cc(C(C)(C)C)c1.[Cl-]. The van der Waals surface area contributed by atoms with Crippen molar-refractivity contribution in [3.05, 3.63) is 198 Å². The topological polar surface area (TPSA) is 35.9 Å². The van der Waals surface area contributed by atoms with Gasteiger partial charge in [-0.25, -0.2) is 4.98 Å². The number of nitrogens with zero attached hydrogens (tertiary/aromatic N) is 4. The van der Waals surface area contributed by atoms with Crippen LogP contribution in [0.2, 0.25) is 0 Å². The van der Waals surface area contributed by atoms with Gasteiger partial charge in [-0.1, -0.05) is 195 Å². The van der Waals surface area contributed by atoms with Gasteiger partial charge in [-0.05, 0) is 121 Å². The number of imidazole rings is 1. The summed E-state index contributed by atoms with van der Waals surface area (Å²) in [5, 5.41) is 2.34. The Labute approximate surface area is 446 Å². The second kappa shape index (κ2) is 18.8. The number of para-hydroxylation sites is 4. The minimum Gasteiger partial charge on any atom is -1.00 e. The van der Waals surface area contributed by atoms with Gasteiger partial charge in [-0.3, -0.25) is 4.57 Å². The molecule has 7 aromatic carbocycles. The summed E-state index contributed by atoms with van der Waals surface area (Å²) in [6.07, 6.45) is 4.21. The molecular formula is C68H73ClN4O. The summed E-state index contributed by atoms with van der Waals surface area (Å²) < 4.78 is 13.9. The molecule has 0 fully saturated rings. The average Bonchev–Trinajstić information content (AvgIpc) is 3.88. The molecule has 378 valence electrons. The molecule has 0 bridgehead atoms. The van der Waals surface area contributed by atoms with Gasteiger partial charge in [0.1, 0.15) is 28.7 Å². The Balaban J connectivity index is 0.00000672. The molecule has 0 aliphatic carbocycles. The third kappa shape index (κ3) is 9.92. The summed E-state index contributed by atoms with van der Waals surface area (Å²) in [6, 6.07) is 58.1. The molecule has 0 unspecified atom stereocenters. The van der Waals surface area contributed by atoms with Crippen molar-refractivity contribution in [1.29, 1.82) is 0 Å². The zero-order valence-corrected chi connectivity index (χ0v) is 47.0. The molecule has 0 saturated heterocycles. The molecule has 5 nitrogen and oxygen atoms in total. The molecule has 6 heteroatoms. The third-order valence-corrected chi connectivity index (χ3v) is 14.7. The van der Waals surface area contributed by atoms with Crippen LogP contribution >= 0.6 is 0 Å². The van der Waals surface area contributed by atoms with Gasteiger partial charge in [0.25, 0.3) is 6.33 Å². The minimum atomic E-state index is -0.0495. The van der Waals surface area contributed by atoms with Crippen molar-refractivity contribution in [2.45, 2.75) is 131 Å². The van der Waals surface area contributed by atoms with Crippen LogP contribution in [-0.2, 0) is 27.1 Å². The summed E-state index contributed by atoms with van der Waals surface area (Å²) in [5.41, 5.74) is 17.6. The molecule has 10 rings (SSSR count). The van der Waals surface area contributed by atoms with Crippen molar-refractivity contribution < 1.29 is 21.7 Å². The van der Waals surface area contributed by atoms with Gasteiger partial charge in [-0.2, -0.15) is 9.13 Å². The molecule has 3 heterocycles. The molecule has 0 aliphatic heterocycles. The van der Waals surface area contributed by atoms with Crippen molar-refractivity contribution in [2.75, 3.05) is 0 Å². The van der Waals surface area contributed by atoms with Crippen molar-refractivity contribution >= 4 is 32.8 Å². The van der Waals surface area contributed by atoms with Crippen LogP contribution in [0.15, 0.2) is 170 Å². The number of aromatic nitrogens is 4. The highest BCUT2D eigenvalue weighted by Crippen LogP contribution is 2.42. The van der Waals surface area contributed by atoms with Crippen molar-refractivity contribution in [1.82, 2.24) is 14.1 Å². The Kier molecular flexibility index (Phi) is 13.2. The standard InChI is InChI=1S/C68H73N4O.ClH/c1-64(2,3)46-32-33-69-62(40-46)72-58-27-17-16-24-56(58)57-31-30-53(42-61(57)72)73-52-23-20-22-51(41-52)70-43-71(60-29-19-18-28-59(60)70)63-54(44-34-47(65(4,5)6)38-48(35-44)66(7,8)9)25-21-26-55(63)45-36-49(67(10,11)12)39-50(37-45)68(13,14)15;/h16-43H,1-15H3;1H/q+1;/p-1. The van der Waals surface area contributed by atoms with Crippen LogP contribution in [0.3, 0.4) is 0 Å². The number of rotatable bonds is 7. The van der Waals surface area contributed by atoms with Crippen LogP contribution in [0, 0.1) is 0 Å². The van der Waals surface area contributed by atoms with Crippen LogP contribution in [0.1, 0.15) is 132 Å². The van der Waals surface area contributed by atoms with E-state index in [0.29, 0.717) is 0 Å². The zero-order chi connectivity index (χ0) is 52.0. The first-order chi connectivity index (χ1) is 34.3. The lowest BCUT2D eigenvalue weighted by atomic mass is 9.77. The maximum Gasteiger partial charge on any atom is 0.255 e. The summed E-state index contributed by atoms with van der Waals surface area (Å²) in [5.74, 6) is 2.40. The second-order valence-corrected chi connectivity index (χ2v) is 25.4. The van der Waals surface area contributed by atoms with E-state index in [4.69, 9.17) is 9.72 Å². The fraction of sp³-hybridized carbons (Fsp3) is 0.294. The Morgan fingerprint density at radius 3 is 1.49 bits per heavy atom. The van der Waals surface area contributed by atoms with Gasteiger partial charge in [0.2, 0.25) is 0 Å². The first-order valence-electron chi connectivity index (χ1n) is 26.1. The van der Waals surface area contributed by atoms with Gasteiger partial charge >= 0.3 is 0 Å². The van der Waals surface area contributed by atoms with E-state index in [2.05, 4.69) is 282 Å². The van der Waals surface area contributed by atoms with Crippen LogP contribution < -0.4 is 21.7 Å². The number of hydrogen-bond acceptors (Lipinski definition) is 2. The van der Waals surface area contributed by atoms with Gasteiger partial charge in [-0.15, -0.1) is 0 Å². The van der Waals surface area contributed by atoms with E-state index in [1.165, 1.54) is 55.5 Å². The van der Waals surface area contributed by atoms with E-state index >= 15 is 0 Å². The molecule has 3 aromatic heterocycles. The largest absolute Gasteiger partial charge is 1.00 e. The van der Waals surface area contributed by atoms with Crippen LogP contribution in [0.4, 0.5) is 0 Å². The van der Waals surface area contributed by atoms with E-state index < -0.39 is 0 Å². The predicted molar refractivity (Wildman–Crippen MR) is 308 cm³/mol. The quantitative estimate of drug-likeness (QED) is 0.149. The maximum atomic E-state index is 6.87. The Morgan fingerprint density at radius 1 is 0.419 bits per heavy atom. The maximum absolute atomic E-state index is 6.87. The first-order valence-corrected chi connectivity index (χ1v) is 26.1. The molecule has 0 radical (unpaired) electrons. The summed E-state index contributed by atoms with van der Waals surface area (Å²) in [6.45, 7) is 34.6. The first kappa shape index (κ1) is 51.9. The number of halogens is 1. The van der Waals surface area contributed by atoms with Crippen molar-refractivity contribution in [2.24, 2.45) is 0 Å². The highest BCUT2D eigenvalue weighted by molar-refractivity contribution is 6.09. The molecule has 74 heavy (non-hydrogen) atoms. The second-order valence-electron chi connectivity index (χ2n) is 25.4. The van der Waals surface area contributed by atoms with E-state index in [0.717, 1.165) is 56.1 Å². The number of ether oxygens (including phenoxy) is 1. The van der Waals surface area contributed by atoms with Crippen molar-refractivity contribution in [3.63, 3.8) is 0 Å². The molecule has 0 atom stereocenters. The molecule has 0 aliphatic rings. The van der Waals surface area contributed by atoms with E-state index in [1.54, 1.807) is 0 Å². The normalized spacial score (nSPS) is 12.7. The lowest BCUT2D eigenvalue weighted by Gasteiger charge is -2.27. The minimum absolute atomic E-state index is 0. The van der Waals surface area contributed by atoms with E-state index in [9.17, 15) is 0 Å². The molecule has 0 amide bonds. The zero-order valence-electron chi connectivity index (χ0n) is 46.2. The lowest BCUT2D eigenvalue weighted by molar-refractivity contribution is -0.566. The van der Waals surface area contributed by atoms with Crippen LogP contribution in [0.5, 0.6) is 11.5 Å². The number of benzene rings is 7. The monoisotopic (exact) mass is 997 g/mol. The number of fused-ring (bicyclic) bond motifs is 4. The van der Waals surface area contributed by atoms with E-state index in [1.807, 2.05) is 6.20 Å². The molecule has 0 saturated carbocycles. The average molecular weight is 998 g/mol. The highest BCUT2D eigenvalue weighted by atomic mass is 35.5.